The van der Waals surface area contributed by atoms with Crippen LogP contribution in [0.3, 0.4) is 0 Å². The highest BCUT2D eigenvalue weighted by molar-refractivity contribution is 5.67. The Morgan fingerprint density at radius 2 is 1.33 bits per heavy atom. The normalized spacial score (nSPS) is 15.8. The van der Waals surface area contributed by atoms with Gasteiger partial charge in [-0.15, -0.1) is 0 Å². The van der Waals surface area contributed by atoms with E-state index in [1.54, 1.807) is 0 Å². The summed E-state index contributed by atoms with van der Waals surface area (Å²) in [4.78, 5) is 1.87. The van der Waals surface area contributed by atoms with Crippen LogP contribution in [0.1, 0.15) is 27.8 Å². The van der Waals surface area contributed by atoms with Crippen LogP contribution in [-0.2, 0) is 10.5 Å². The zero-order valence-corrected chi connectivity index (χ0v) is 18.9. The number of morpholine rings is 1. The lowest BCUT2D eigenvalue weighted by atomic mass is 9.94. The summed E-state index contributed by atoms with van der Waals surface area (Å²) in [5, 5.41) is 18.3. The monoisotopic (exact) mass is 489 g/mol. The zero-order valence-electron chi connectivity index (χ0n) is 18.9. The Morgan fingerprint density at radius 3 is 1.83 bits per heavy atom. The predicted molar refractivity (Wildman–Crippen MR) is 122 cm³/mol. The minimum absolute atomic E-state index is 0.0392. The van der Waals surface area contributed by atoms with Crippen molar-refractivity contribution in [1.82, 2.24) is 4.90 Å². The summed E-state index contributed by atoms with van der Waals surface area (Å²) in [5.74, 6) is -4.62. The second kappa shape index (κ2) is 8.95. The van der Waals surface area contributed by atoms with Crippen molar-refractivity contribution in [3.63, 3.8) is 0 Å². The third kappa shape index (κ3) is 3.80. The number of halogens is 3. The molecule has 0 aliphatic carbocycles. The van der Waals surface area contributed by atoms with Crippen molar-refractivity contribution in [2.75, 3.05) is 26.3 Å². The number of benzene rings is 3. The summed E-state index contributed by atoms with van der Waals surface area (Å²) >= 11 is 0. The molecule has 1 fully saturated rings. The standard InChI is InChI=1S/C27H18F3N3O3/c1-16(33-6-8-34-9-7-33)19-12-25-26(13-22(19)28)36-27(35-25,20-4-2-17(14-31)10-23(20)29)21-5-3-18(15-32)11-24(21)30/h2-5,10-13H,1,6-9H2. The lowest BCUT2D eigenvalue weighted by molar-refractivity contribution is -0.0515. The van der Waals surface area contributed by atoms with Crippen LogP contribution < -0.4 is 9.47 Å². The number of nitrogens with zero attached hydrogens (tertiary/aromatic N) is 3. The summed E-state index contributed by atoms with van der Waals surface area (Å²) in [6.45, 7) is 6.02. The molecule has 180 valence electrons. The number of rotatable bonds is 4. The van der Waals surface area contributed by atoms with Gasteiger partial charge in [0.1, 0.15) is 17.5 Å². The van der Waals surface area contributed by atoms with Gasteiger partial charge in [0.15, 0.2) is 11.5 Å². The van der Waals surface area contributed by atoms with E-state index >= 15 is 13.2 Å². The average molecular weight is 489 g/mol. The van der Waals surface area contributed by atoms with Crippen molar-refractivity contribution < 1.29 is 27.4 Å². The van der Waals surface area contributed by atoms with E-state index in [-0.39, 0.29) is 39.3 Å². The molecule has 2 aliphatic heterocycles. The van der Waals surface area contributed by atoms with Crippen molar-refractivity contribution in [3.8, 4) is 23.6 Å². The molecule has 2 heterocycles. The lowest BCUT2D eigenvalue weighted by Gasteiger charge is -2.30. The van der Waals surface area contributed by atoms with Crippen LogP contribution in [0.4, 0.5) is 13.2 Å². The van der Waals surface area contributed by atoms with E-state index in [1.807, 2.05) is 17.0 Å². The fourth-order valence-corrected chi connectivity index (χ4v) is 4.32. The maximum Gasteiger partial charge on any atom is 0.311 e. The Bertz CT molecular complexity index is 1410. The first-order chi connectivity index (χ1) is 17.4. The van der Waals surface area contributed by atoms with Gasteiger partial charge in [-0.3, -0.25) is 0 Å². The van der Waals surface area contributed by atoms with E-state index in [4.69, 9.17) is 24.7 Å². The minimum Gasteiger partial charge on any atom is -0.440 e. The summed E-state index contributed by atoms with van der Waals surface area (Å²) < 4.78 is 63.1. The molecule has 3 aromatic carbocycles. The maximum atomic E-state index is 15.3. The van der Waals surface area contributed by atoms with Crippen LogP contribution in [0.2, 0.25) is 0 Å². The van der Waals surface area contributed by atoms with Gasteiger partial charge in [-0.1, -0.05) is 6.58 Å². The topological polar surface area (TPSA) is 78.5 Å². The molecule has 0 unspecified atom stereocenters. The van der Waals surface area contributed by atoms with E-state index in [0.29, 0.717) is 32.0 Å². The zero-order chi connectivity index (χ0) is 25.4. The van der Waals surface area contributed by atoms with Crippen LogP contribution in [0, 0.1) is 40.1 Å². The first-order valence-corrected chi connectivity index (χ1v) is 11.0. The Morgan fingerprint density at radius 1 is 0.806 bits per heavy atom. The van der Waals surface area contributed by atoms with Crippen molar-refractivity contribution in [3.05, 3.63) is 100 Å². The molecule has 36 heavy (non-hydrogen) atoms. The highest BCUT2D eigenvalue weighted by atomic mass is 19.1. The Kier molecular flexibility index (Phi) is 5.79. The second-order valence-corrected chi connectivity index (χ2v) is 8.26. The van der Waals surface area contributed by atoms with Crippen LogP contribution in [0.15, 0.2) is 55.1 Å². The molecule has 5 rings (SSSR count). The molecule has 6 nitrogen and oxygen atoms in total. The Labute approximate surface area is 205 Å². The molecule has 0 amide bonds. The number of fused-ring (bicyclic) bond motifs is 1. The first kappa shape index (κ1) is 23.3. The predicted octanol–water partition coefficient (Wildman–Crippen LogP) is 4.82. The highest BCUT2D eigenvalue weighted by Crippen LogP contribution is 2.50. The summed E-state index contributed by atoms with van der Waals surface area (Å²) in [6.07, 6.45) is 0. The van der Waals surface area contributed by atoms with Crippen molar-refractivity contribution in [1.29, 1.82) is 10.5 Å². The number of hydrogen-bond acceptors (Lipinski definition) is 6. The van der Waals surface area contributed by atoms with Gasteiger partial charge in [-0.2, -0.15) is 10.5 Å². The molecule has 0 bridgehead atoms. The molecule has 2 aliphatic rings. The average Bonchev–Trinajstić information content (AvgIpc) is 3.26. The van der Waals surface area contributed by atoms with Gasteiger partial charge in [0, 0.05) is 30.4 Å². The quantitative estimate of drug-likeness (QED) is 0.523. The van der Waals surface area contributed by atoms with Crippen molar-refractivity contribution >= 4 is 5.70 Å². The van der Waals surface area contributed by atoms with Crippen molar-refractivity contribution in [2.24, 2.45) is 0 Å². The van der Waals surface area contributed by atoms with Gasteiger partial charge < -0.3 is 19.1 Å². The molecule has 0 radical (unpaired) electrons. The molecule has 3 aromatic rings. The summed E-state index contributed by atoms with van der Waals surface area (Å²) in [7, 11) is 0. The van der Waals surface area contributed by atoms with E-state index in [0.717, 1.165) is 18.2 Å². The van der Waals surface area contributed by atoms with E-state index in [2.05, 4.69) is 6.58 Å². The van der Waals surface area contributed by atoms with Gasteiger partial charge in [0.25, 0.3) is 0 Å². The second-order valence-electron chi connectivity index (χ2n) is 8.26. The molecule has 9 heteroatoms. The van der Waals surface area contributed by atoms with Crippen molar-refractivity contribution in [2.45, 2.75) is 5.79 Å². The van der Waals surface area contributed by atoms with E-state index in [9.17, 15) is 0 Å². The first-order valence-electron chi connectivity index (χ1n) is 11.0. The van der Waals surface area contributed by atoms with E-state index in [1.165, 1.54) is 30.3 Å². The summed E-state index contributed by atoms with van der Waals surface area (Å²) in [5.41, 5.74) is 0.185. The Hall–Kier alpha value is -4.47. The van der Waals surface area contributed by atoms with Gasteiger partial charge >= 0.3 is 5.79 Å². The summed E-state index contributed by atoms with van der Waals surface area (Å²) in [6, 6.07) is 13.3. The fourth-order valence-electron chi connectivity index (χ4n) is 4.32. The molecular weight excluding hydrogens is 471 g/mol. The number of ether oxygens (including phenoxy) is 3. The minimum atomic E-state index is -2.18. The largest absolute Gasteiger partial charge is 0.440 e. The van der Waals surface area contributed by atoms with Crippen LogP contribution >= 0.6 is 0 Å². The molecule has 0 aromatic heterocycles. The molecule has 0 saturated carbocycles. The molecule has 0 spiro atoms. The third-order valence-corrected chi connectivity index (χ3v) is 6.15. The van der Waals surface area contributed by atoms with Gasteiger partial charge in [0.2, 0.25) is 0 Å². The van der Waals surface area contributed by atoms with E-state index < -0.39 is 23.2 Å². The van der Waals surface area contributed by atoms with Crippen LogP contribution in [-0.4, -0.2) is 31.2 Å². The molecule has 1 saturated heterocycles. The van der Waals surface area contributed by atoms with Crippen LogP contribution in [0.5, 0.6) is 11.5 Å². The SMILES string of the molecule is C=C(c1cc2c(cc1F)OC(c1ccc(C#N)cc1F)(c1ccc(C#N)cc1F)O2)N1CCOCC1. The molecular formula is C27H18F3N3O3. The molecule has 0 atom stereocenters. The van der Waals surface area contributed by atoms with Gasteiger partial charge in [-0.25, -0.2) is 13.2 Å². The Balaban J connectivity index is 1.64. The third-order valence-electron chi connectivity index (χ3n) is 6.15. The smallest absolute Gasteiger partial charge is 0.311 e. The number of hydrogen-bond donors (Lipinski definition) is 0. The maximum absolute atomic E-state index is 15.3. The van der Waals surface area contributed by atoms with Gasteiger partial charge in [-0.05, 0) is 42.5 Å². The fraction of sp³-hybridized carbons (Fsp3) is 0.185. The van der Waals surface area contributed by atoms with Crippen LogP contribution in [0.25, 0.3) is 5.70 Å². The highest BCUT2D eigenvalue weighted by Gasteiger charge is 2.49. The number of nitriles is 2. The van der Waals surface area contributed by atoms with Gasteiger partial charge in [0.05, 0.1) is 47.6 Å². The molecule has 0 N–H and O–H groups in total. The lowest BCUT2D eigenvalue weighted by Crippen LogP contribution is -2.38.